The first-order valence-electron chi connectivity index (χ1n) is 4.51. The van der Waals surface area contributed by atoms with E-state index in [0.717, 1.165) is 6.42 Å². The van der Waals surface area contributed by atoms with Crippen molar-refractivity contribution in [3.05, 3.63) is 0 Å². The fourth-order valence-electron chi connectivity index (χ4n) is 1.15. The van der Waals surface area contributed by atoms with Gasteiger partial charge >= 0.3 is 5.97 Å². The van der Waals surface area contributed by atoms with E-state index >= 15 is 0 Å². The third-order valence-corrected chi connectivity index (χ3v) is 3.68. The number of esters is 1. The molecule has 0 aromatic carbocycles. The van der Waals surface area contributed by atoms with Gasteiger partial charge in [-0.15, -0.1) is 0 Å². The van der Waals surface area contributed by atoms with Crippen LogP contribution in [0.25, 0.3) is 0 Å². The van der Waals surface area contributed by atoms with Crippen molar-refractivity contribution >= 4 is 14.3 Å². The molecule has 0 aromatic heterocycles. The summed E-state index contributed by atoms with van der Waals surface area (Å²) in [5.74, 6) is -0.173. The van der Waals surface area contributed by atoms with Crippen molar-refractivity contribution in [2.24, 2.45) is 0 Å². The predicted octanol–water partition coefficient (Wildman–Crippen LogP) is 1.69. The molecule has 0 saturated carbocycles. The Balaban J connectivity index is 2.47. The highest BCUT2D eigenvalue weighted by atomic mass is 31.2. The van der Waals surface area contributed by atoms with E-state index in [-0.39, 0.29) is 11.6 Å². The lowest BCUT2D eigenvalue weighted by atomic mass is 10.4. The summed E-state index contributed by atoms with van der Waals surface area (Å²) in [4.78, 5) is 11.2. The van der Waals surface area contributed by atoms with Crippen molar-refractivity contribution in [2.75, 3.05) is 19.8 Å². The molecule has 0 amide bonds. The second kappa shape index (κ2) is 5.53. The SMILES string of the molecule is CCOP(OCC)C1CCOC1=O. The van der Waals surface area contributed by atoms with Crippen molar-refractivity contribution in [1.29, 1.82) is 0 Å². The van der Waals surface area contributed by atoms with Gasteiger partial charge in [0, 0.05) is 6.42 Å². The fourth-order valence-corrected chi connectivity index (χ4v) is 2.65. The van der Waals surface area contributed by atoms with Crippen molar-refractivity contribution in [2.45, 2.75) is 25.9 Å². The summed E-state index contributed by atoms with van der Waals surface area (Å²) < 4.78 is 15.6. The number of ether oxygens (including phenoxy) is 1. The maximum absolute atomic E-state index is 11.2. The summed E-state index contributed by atoms with van der Waals surface area (Å²) in [5.41, 5.74) is -0.171. The van der Waals surface area contributed by atoms with E-state index in [1.807, 2.05) is 13.8 Å². The third kappa shape index (κ3) is 2.90. The minimum atomic E-state index is -1.08. The normalized spacial score (nSPS) is 22.4. The molecule has 1 fully saturated rings. The van der Waals surface area contributed by atoms with E-state index < -0.39 is 8.38 Å². The Bertz CT molecular complexity index is 168. The van der Waals surface area contributed by atoms with Gasteiger partial charge in [0.1, 0.15) is 5.66 Å². The quantitative estimate of drug-likeness (QED) is 0.507. The Hall–Kier alpha value is -0.180. The minimum Gasteiger partial charge on any atom is -0.465 e. The van der Waals surface area contributed by atoms with E-state index in [2.05, 4.69) is 0 Å². The van der Waals surface area contributed by atoms with Crippen molar-refractivity contribution in [3.8, 4) is 0 Å². The standard InChI is InChI=1S/C8H15O4P/c1-3-11-13(12-4-2)7-5-6-10-8(7)9/h7H,3-6H2,1-2H3. The van der Waals surface area contributed by atoms with Crippen molar-refractivity contribution in [1.82, 2.24) is 0 Å². The van der Waals surface area contributed by atoms with Crippen LogP contribution in [0.4, 0.5) is 0 Å². The molecule has 0 aliphatic carbocycles. The zero-order valence-corrected chi connectivity index (χ0v) is 8.88. The van der Waals surface area contributed by atoms with Crippen molar-refractivity contribution < 1.29 is 18.6 Å². The van der Waals surface area contributed by atoms with Crippen LogP contribution < -0.4 is 0 Å². The van der Waals surface area contributed by atoms with Gasteiger partial charge in [0.25, 0.3) is 0 Å². The monoisotopic (exact) mass is 206 g/mol. The largest absolute Gasteiger partial charge is 0.465 e. The van der Waals surface area contributed by atoms with Crippen LogP contribution in [0, 0.1) is 0 Å². The number of hydrogen-bond acceptors (Lipinski definition) is 4. The maximum Gasteiger partial charge on any atom is 0.318 e. The molecule has 13 heavy (non-hydrogen) atoms. The van der Waals surface area contributed by atoms with E-state index in [9.17, 15) is 4.79 Å². The van der Waals surface area contributed by atoms with Crippen LogP contribution in [-0.2, 0) is 18.6 Å². The van der Waals surface area contributed by atoms with E-state index in [1.54, 1.807) is 0 Å². The Morgan fingerprint density at radius 1 is 1.46 bits per heavy atom. The summed E-state index contributed by atoms with van der Waals surface area (Å²) in [5, 5.41) is 0. The number of cyclic esters (lactones) is 1. The van der Waals surface area contributed by atoms with E-state index in [4.69, 9.17) is 13.8 Å². The molecular weight excluding hydrogens is 191 g/mol. The van der Waals surface area contributed by atoms with Crippen LogP contribution in [0.15, 0.2) is 0 Å². The summed E-state index contributed by atoms with van der Waals surface area (Å²) in [6.07, 6.45) is 0.727. The van der Waals surface area contributed by atoms with Gasteiger partial charge in [0.15, 0.2) is 8.38 Å². The lowest BCUT2D eigenvalue weighted by Gasteiger charge is -2.18. The second-order valence-electron chi connectivity index (χ2n) is 2.59. The molecule has 0 spiro atoms. The molecular formula is C8H15O4P. The molecule has 1 aliphatic rings. The number of hydrogen-bond donors (Lipinski definition) is 0. The average Bonchev–Trinajstić information content (AvgIpc) is 2.51. The van der Waals surface area contributed by atoms with E-state index in [1.165, 1.54) is 0 Å². The molecule has 76 valence electrons. The molecule has 0 radical (unpaired) electrons. The first-order valence-corrected chi connectivity index (χ1v) is 5.76. The van der Waals surface area contributed by atoms with Crippen LogP contribution in [0.2, 0.25) is 0 Å². The van der Waals surface area contributed by atoms with Gasteiger partial charge in [0.2, 0.25) is 0 Å². The maximum atomic E-state index is 11.2. The number of rotatable bonds is 5. The highest BCUT2D eigenvalue weighted by Crippen LogP contribution is 2.47. The summed E-state index contributed by atoms with van der Waals surface area (Å²) in [7, 11) is -1.08. The first-order chi connectivity index (χ1) is 6.29. The zero-order valence-electron chi connectivity index (χ0n) is 7.99. The Labute approximate surface area is 79.5 Å². The lowest BCUT2D eigenvalue weighted by Crippen LogP contribution is -2.15. The van der Waals surface area contributed by atoms with Crippen molar-refractivity contribution in [3.63, 3.8) is 0 Å². The summed E-state index contributed by atoms with van der Waals surface area (Å²) >= 11 is 0. The van der Waals surface area contributed by atoms with Crippen LogP contribution >= 0.6 is 8.38 Å². The lowest BCUT2D eigenvalue weighted by molar-refractivity contribution is -0.137. The summed E-state index contributed by atoms with van der Waals surface area (Å²) in [6.45, 7) is 5.46. The first kappa shape index (κ1) is 10.9. The molecule has 0 bridgehead atoms. The smallest absolute Gasteiger partial charge is 0.318 e. The van der Waals surface area contributed by atoms with Gasteiger partial charge in [-0.2, -0.15) is 0 Å². The minimum absolute atomic E-state index is 0.171. The summed E-state index contributed by atoms with van der Waals surface area (Å²) in [6, 6.07) is 0. The van der Waals surface area contributed by atoms with Crippen LogP contribution in [0.1, 0.15) is 20.3 Å². The van der Waals surface area contributed by atoms with Gasteiger partial charge in [-0.25, -0.2) is 0 Å². The topological polar surface area (TPSA) is 44.8 Å². The highest BCUT2D eigenvalue weighted by molar-refractivity contribution is 7.49. The second-order valence-corrected chi connectivity index (χ2v) is 4.30. The highest BCUT2D eigenvalue weighted by Gasteiger charge is 2.36. The molecule has 1 unspecified atom stereocenters. The Morgan fingerprint density at radius 3 is 2.46 bits per heavy atom. The van der Waals surface area contributed by atoms with Gasteiger partial charge in [-0.3, -0.25) is 4.79 Å². The Kier molecular flexibility index (Phi) is 4.64. The fraction of sp³-hybridized carbons (Fsp3) is 0.875. The molecule has 0 N–H and O–H groups in total. The molecule has 5 heteroatoms. The molecule has 1 rings (SSSR count). The third-order valence-electron chi connectivity index (χ3n) is 1.67. The van der Waals surface area contributed by atoms with Gasteiger partial charge < -0.3 is 13.8 Å². The van der Waals surface area contributed by atoms with Crippen LogP contribution in [0.5, 0.6) is 0 Å². The van der Waals surface area contributed by atoms with Gasteiger partial charge in [0.05, 0.1) is 19.8 Å². The van der Waals surface area contributed by atoms with Gasteiger partial charge in [-0.1, -0.05) is 0 Å². The van der Waals surface area contributed by atoms with Crippen LogP contribution in [-0.4, -0.2) is 31.4 Å². The molecule has 4 nitrogen and oxygen atoms in total. The molecule has 1 heterocycles. The van der Waals surface area contributed by atoms with Crippen LogP contribution in [0.3, 0.4) is 0 Å². The molecule has 1 saturated heterocycles. The zero-order chi connectivity index (χ0) is 9.68. The number of carbonyl (C=O) groups is 1. The van der Waals surface area contributed by atoms with Gasteiger partial charge in [-0.05, 0) is 13.8 Å². The molecule has 1 aliphatic heterocycles. The molecule has 0 aromatic rings. The average molecular weight is 206 g/mol. The predicted molar refractivity (Wildman–Crippen MR) is 49.5 cm³/mol. The molecule has 1 atom stereocenters. The Morgan fingerprint density at radius 2 is 2.08 bits per heavy atom. The number of carbonyl (C=O) groups excluding carboxylic acids is 1. The van der Waals surface area contributed by atoms with E-state index in [0.29, 0.717) is 19.8 Å².